The number of halogens is 1. The van der Waals surface area contributed by atoms with Gasteiger partial charge in [-0.15, -0.1) is 0 Å². The first-order chi connectivity index (χ1) is 19.6. The number of amides is 2. The Balaban J connectivity index is 1.10. The van der Waals surface area contributed by atoms with Gasteiger partial charge in [-0.1, -0.05) is 6.07 Å². The van der Waals surface area contributed by atoms with E-state index < -0.39 is 23.8 Å². The fraction of sp³-hybridized carbons (Fsp3) is 0.710. The first kappa shape index (κ1) is 28.2. The van der Waals surface area contributed by atoms with Gasteiger partial charge in [0, 0.05) is 56.0 Å². The van der Waals surface area contributed by atoms with Crippen molar-refractivity contribution < 1.29 is 23.5 Å². The highest BCUT2D eigenvalue weighted by Crippen LogP contribution is 2.43. The second kappa shape index (κ2) is 11.1. The number of benzene rings is 1. The van der Waals surface area contributed by atoms with Crippen molar-refractivity contribution in [3.63, 3.8) is 0 Å². The zero-order chi connectivity index (χ0) is 28.9. The van der Waals surface area contributed by atoms with Gasteiger partial charge in [-0.3, -0.25) is 14.6 Å². The molecule has 7 atom stereocenters. The maximum Gasteiger partial charge on any atom is 0.411 e. The Morgan fingerprint density at radius 3 is 2.49 bits per heavy atom. The van der Waals surface area contributed by atoms with E-state index in [1.165, 1.54) is 0 Å². The Labute approximate surface area is 241 Å². The minimum Gasteiger partial charge on any atom is -0.444 e. The molecule has 7 unspecified atom stereocenters. The molecule has 4 heterocycles. The predicted octanol–water partition coefficient (Wildman–Crippen LogP) is 3.61. The van der Waals surface area contributed by atoms with Gasteiger partial charge in [0.1, 0.15) is 23.5 Å². The van der Waals surface area contributed by atoms with Crippen LogP contribution in [0.1, 0.15) is 64.9 Å². The number of rotatable bonds is 6. The largest absolute Gasteiger partial charge is 0.444 e. The number of carbonyl (C=O) groups is 2. The molecule has 1 aliphatic carbocycles. The minimum atomic E-state index is -0.907. The highest BCUT2D eigenvalue weighted by molar-refractivity contribution is 5.87. The molecule has 0 aromatic heterocycles. The van der Waals surface area contributed by atoms with Crippen LogP contribution in [0.25, 0.3) is 0 Å². The number of hydrogen-bond acceptors (Lipinski definition) is 7. The zero-order valence-corrected chi connectivity index (χ0v) is 24.4. The average Bonchev–Trinajstić information content (AvgIpc) is 3.72. The Hall–Kier alpha value is -2.90. The van der Waals surface area contributed by atoms with Crippen LogP contribution in [0.2, 0.25) is 0 Å². The number of ether oxygens (including phenoxy) is 2. The van der Waals surface area contributed by atoms with E-state index in [1.807, 2.05) is 6.07 Å². The van der Waals surface area contributed by atoms with Crippen molar-refractivity contribution in [2.75, 3.05) is 31.2 Å². The molecular weight excluding hydrogens is 525 g/mol. The second-order valence-electron chi connectivity index (χ2n) is 13.5. The Morgan fingerprint density at radius 2 is 1.85 bits per heavy atom. The first-order valence-electron chi connectivity index (χ1n) is 15.2. The molecule has 2 amide bonds. The molecular formula is C31H42FN5O4. The summed E-state index contributed by atoms with van der Waals surface area (Å²) in [7, 11) is 0. The third-order valence-electron chi connectivity index (χ3n) is 9.62. The van der Waals surface area contributed by atoms with E-state index >= 15 is 4.39 Å². The maximum atomic E-state index is 15.4. The summed E-state index contributed by atoms with van der Waals surface area (Å²) < 4.78 is 26.6. The standard InChI is InChI=1S/C31H42FN5O4/c1-31(2,3)41-30(39)37-22-7-5-20(13-22)28(37)29(38)34-21(15-33)12-19-4-6-23(14-27(19)32)36-24-8-9-25(36)17-35(16-24)26-10-11-40-18-26/h4,6,14,20-22,24-26,28H,5,7-13,16-18H2,1-3H3,(H,34,38). The number of carbonyl (C=O) groups excluding carboxylic acids is 2. The molecule has 10 heteroatoms. The number of nitriles is 1. The summed E-state index contributed by atoms with van der Waals surface area (Å²) >= 11 is 0. The second-order valence-corrected chi connectivity index (χ2v) is 13.5. The molecule has 222 valence electrons. The third kappa shape index (κ3) is 5.63. The molecule has 1 saturated carbocycles. The quantitative estimate of drug-likeness (QED) is 0.561. The maximum absolute atomic E-state index is 15.4. The lowest BCUT2D eigenvalue weighted by Gasteiger charge is -2.44. The van der Waals surface area contributed by atoms with Crippen molar-refractivity contribution in [2.24, 2.45) is 5.92 Å². The van der Waals surface area contributed by atoms with Crippen LogP contribution in [0.5, 0.6) is 0 Å². The van der Waals surface area contributed by atoms with Crippen molar-refractivity contribution in [1.82, 2.24) is 15.1 Å². The SMILES string of the molecule is CC(C)(C)OC(=O)N1C2CCC(C2)C1C(=O)NC(C#N)Cc1ccc(N2C3CCC2CN(C2CCOC2)C3)cc1F. The van der Waals surface area contributed by atoms with Gasteiger partial charge in [-0.05, 0) is 82.9 Å². The zero-order valence-electron chi connectivity index (χ0n) is 24.4. The van der Waals surface area contributed by atoms with E-state index in [0.29, 0.717) is 23.7 Å². The molecule has 9 nitrogen and oxygen atoms in total. The van der Waals surface area contributed by atoms with Crippen LogP contribution < -0.4 is 10.2 Å². The highest BCUT2D eigenvalue weighted by atomic mass is 19.1. The molecule has 1 aromatic rings. The Kier molecular flexibility index (Phi) is 7.62. The number of fused-ring (bicyclic) bond motifs is 4. The molecule has 4 aliphatic heterocycles. The summed E-state index contributed by atoms with van der Waals surface area (Å²) in [6.45, 7) is 8.99. The van der Waals surface area contributed by atoms with Crippen molar-refractivity contribution in [1.29, 1.82) is 5.26 Å². The Bertz CT molecular complexity index is 1190. The number of piperazine rings is 1. The lowest BCUT2D eigenvalue weighted by molar-refractivity contribution is -0.128. The number of anilines is 1. The van der Waals surface area contributed by atoms with Crippen molar-refractivity contribution in [2.45, 2.75) is 108 Å². The smallest absolute Gasteiger partial charge is 0.411 e. The van der Waals surface area contributed by atoms with Gasteiger partial charge in [0.05, 0.1) is 12.7 Å². The lowest BCUT2D eigenvalue weighted by Crippen LogP contribution is -2.56. The van der Waals surface area contributed by atoms with Crippen LogP contribution in [0.4, 0.5) is 14.9 Å². The van der Waals surface area contributed by atoms with Gasteiger partial charge in [-0.2, -0.15) is 5.26 Å². The van der Waals surface area contributed by atoms with Gasteiger partial charge < -0.3 is 19.7 Å². The van der Waals surface area contributed by atoms with Gasteiger partial charge in [0.15, 0.2) is 0 Å². The topological polar surface area (TPSA) is 98.1 Å². The van der Waals surface area contributed by atoms with Crippen LogP contribution >= 0.6 is 0 Å². The molecule has 41 heavy (non-hydrogen) atoms. The van der Waals surface area contributed by atoms with Crippen LogP contribution in [-0.4, -0.2) is 90.0 Å². The van der Waals surface area contributed by atoms with Crippen LogP contribution in [-0.2, 0) is 20.7 Å². The van der Waals surface area contributed by atoms with Crippen LogP contribution in [0, 0.1) is 23.1 Å². The van der Waals surface area contributed by atoms with Crippen molar-refractivity contribution in [3.05, 3.63) is 29.6 Å². The van der Waals surface area contributed by atoms with E-state index in [-0.39, 0.29) is 30.1 Å². The Morgan fingerprint density at radius 1 is 1.12 bits per heavy atom. The summed E-state index contributed by atoms with van der Waals surface area (Å²) in [5.74, 6) is -0.688. The molecule has 1 aromatic carbocycles. The summed E-state index contributed by atoms with van der Waals surface area (Å²) in [6.07, 6.45) is 5.32. The molecule has 4 bridgehead atoms. The number of nitrogens with zero attached hydrogens (tertiary/aromatic N) is 4. The van der Waals surface area contributed by atoms with E-state index in [4.69, 9.17) is 9.47 Å². The first-order valence-corrected chi connectivity index (χ1v) is 15.2. The van der Waals surface area contributed by atoms with Gasteiger partial charge in [0.25, 0.3) is 0 Å². The molecule has 0 radical (unpaired) electrons. The van der Waals surface area contributed by atoms with Crippen LogP contribution in [0.15, 0.2) is 18.2 Å². The minimum absolute atomic E-state index is 0.0280. The van der Waals surface area contributed by atoms with Gasteiger partial charge >= 0.3 is 6.09 Å². The normalized spacial score (nSPS) is 31.8. The number of piperidine rings is 1. The summed E-state index contributed by atoms with van der Waals surface area (Å²) in [5, 5.41) is 12.7. The summed E-state index contributed by atoms with van der Waals surface area (Å²) in [5.41, 5.74) is 0.608. The fourth-order valence-corrected chi connectivity index (χ4v) is 7.84. The predicted molar refractivity (Wildman–Crippen MR) is 151 cm³/mol. The molecule has 5 fully saturated rings. The van der Waals surface area contributed by atoms with E-state index in [9.17, 15) is 14.9 Å². The van der Waals surface area contributed by atoms with Crippen molar-refractivity contribution in [3.8, 4) is 6.07 Å². The lowest BCUT2D eigenvalue weighted by atomic mass is 9.97. The van der Waals surface area contributed by atoms with Crippen LogP contribution in [0.3, 0.4) is 0 Å². The molecule has 0 spiro atoms. The van der Waals surface area contributed by atoms with E-state index in [1.54, 1.807) is 37.8 Å². The summed E-state index contributed by atoms with van der Waals surface area (Å²) in [4.78, 5) is 32.8. The molecule has 1 N–H and O–H groups in total. The van der Waals surface area contributed by atoms with Gasteiger partial charge in [-0.25, -0.2) is 9.18 Å². The average molecular weight is 568 g/mol. The molecule has 6 rings (SSSR count). The third-order valence-corrected chi connectivity index (χ3v) is 9.62. The van der Waals surface area contributed by atoms with E-state index in [0.717, 1.165) is 70.5 Å². The molecule has 4 saturated heterocycles. The summed E-state index contributed by atoms with van der Waals surface area (Å²) in [6, 6.07) is 7.04. The highest BCUT2D eigenvalue weighted by Gasteiger charge is 2.52. The monoisotopic (exact) mass is 567 g/mol. The molecule has 5 aliphatic rings. The number of nitrogens with one attached hydrogen (secondary N) is 1. The number of likely N-dealkylation sites (tertiary alicyclic amines) is 2. The number of hydrogen-bond donors (Lipinski definition) is 1. The fourth-order valence-electron chi connectivity index (χ4n) is 7.84. The van der Waals surface area contributed by atoms with Crippen molar-refractivity contribution >= 4 is 17.7 Å². The van der Waals surface area contributed by atoms with Gasteiger partial charge in [0.2, 0.25) is 5.91 Å². The van der Waals surface area contributed by atoms with E-state index in [2.05, 4.69) is 21.2 Å².